The quantitative estimate of drug-likeness (QED) is 0.375. The lowest BCUT2D eigenvalue weighted by molar-refractivity contribution is -0.153. The van der Waals surface area contributed by atoms with E-state index in [-0.39, 0.29) is 16.6 Å². The predicted molar refractivity (Wildman–Crippen MR) is 139 cm³/mol. The lowest BCUT2D eigenvalue weighted by Gasteiger charge is -2.49. The summed E-state index contributed by atoms with van der Waals surface area (Å²) >= 11 is 7.85. The van der Waals surface area contributed by atoms with Gasteiger partial charge < -0.3 is 10.1 Å². The summed E-state index contributed by atoms with van der Waals surface area (Å²) in [4.78, 5) is 40.6. The molecule has 2 atom stereocenters. The van der Waals surface area contributed by atoms with Crippen molar-refractivity contribution in [1.29, 1.82) is 0 Å². The number of nitrogens with zero attached hydrogens (tertiary/aromatic N) is 1. The van der Waals surface area contributed by atoms with E-state index in [1.54, 1.807) is 12.1 Å². The third-order valence-electron chi connectivity index (χ3n) is 6.15. The number of hydrogen-bond acceptors (Lipinski definition) is 5. The minimum Gasteiger partial charge on any atom is -0.448 e. The number of amides is 2. The summed E-state index contributed by atoms with van der Waals surface area (Å²) in [5, 5.41) is 2.61. The summed E-state index contributed by atoms with van der Waals surface area (Å²) in [5.74, 6) is -1.08. The van der Waals surface area contributed by atoms with E-state index in [9.17, 15) is 14.4 Å². The predicted octanol–water partition coefficient (Wildman–Crippen LogP) is 4.79. The second-order valence-electron chi connectivity index (χ2n) is 8.59. The van der Waals surface area contributed by atoms with Gasteiger partial charge in [0.25, 0.3) is 11.8 Å². The van der Waals surface area contributed by atoms with Crippen LogP contribution in [0.15, 0.2) is 95.7 Å². The van der Waals surface area contributed by atoms with Gasteiger partial charge in [-0.2, -0.15) is 0 Å². The van der Waals surface area contributed by atoms with Crippen LogP contribution in [0, 0.1) is 6.92 Å². The van der Waals surface area contributed by atoms with Crippen molar-refractivity contribution < 1.29 is 19.1 Å². The number of ether oxygens (including phenoxy) is 1. The molecule has 36 heavy (non-hydrogen) atoms. The fourth-order valence-corrected chi connectivity index (χ4v) is 5.79. The average molecular weight is 519 g/mol. The van der Waals surface area contributed by atoms with E-state index in [1.165, 1.54) is 16.7 Å². The van der Waals surface area contributed by atoms with E-state index in [1.807, 2.05) is 79.7 Å². The van der Waals surface area contributed by atoms with Crippen molar-refractivity contribution >= 4 is 41.1 Å². The maximum Gasteiger partial charge on any atom is 0.357 e. The maximum absolute atomic E-state index is 13.4. The highest BCUT2D eigenvalue weighted by Crippen LogP contribution is 2.42. The number of rotatable bonds is 6. The van der Waals surface area contributed by atoms with Crippen LogP contribution in [-0.2, 0) is 14.3 Å². The van der Waals surface area contributed by atoms with Crippen molar-refractivity contribution in [1.82, 2.24) is 10.2 Å². The molecule has 182 valence electrons. The number of thioether (sulfide) groups is 1. The summed E-state index contributed by atoms with van der Waals surface area (Å²) in [6.45, 7) is 1.94. The van der Waals surface area contributed by atoms with Crippen LogP contribution in [0.2, 0.25) is 0 Å². The van der Waals surface area contributed by atoms with Gasteiger partial charge in [0.15, 0.2) is 6.10 Å². The largest absolute Gasteiger partial charge is 0.448 e. The maximum atomic E-state index is 13.4. The highest BCUT2D eigenvalue weighted by Gasteiger charge is 2.54. The average Bonchev–Trinajstić information content (AvgIpc) is 2.91. The number of fused-ring (bicyclic) bond motifs is 1. The van der Waals surface area contributed by atoms with Crippen molar-refractivity contribution in [2.45, 2.75) is 24.4 Å². The molecule has 1 saturated heterocycles. The Morgan fingerprint density at radius 3 is 2.14 bits per heavy atom. The first kappa shape index (κ1) is 24.2. The molecule has 0 aromatic heterocycles. The van der Waals surface area contributed by atoms with Gasteiger partial charge in [0.05, 0.1) is 5.03 Å². The third kappa shape index (κ3) is 4.64. The first-order valence-electron chi connectivity index (χ1n) is 11.5. The molecule has 3 aromatic carbocycles. The zero-order chi connectivity index (χ0) is 25.2. The highest BCUT2D eigenvalue weighted by atomic mass is 35.5. The van der Waals surface area contributed by atoms with Gasteiger partial charge in [0.2, 0.25) is 0 Å². The summed E-state index contributed by atoms with van der Waals surface area (Å²) < 4.78 is 5.96. The Bertz CT molecular complexity index is 1290. The first-order valence-corrected chi connectivity index (χ1v) is 12.9. The van der Waals surface area contributed by atoms with Gasteiger partial charge in [0, 0.05) is 11.3 Å². The Hall–Kier alpha value is -3.55. The fourth-order valence-electron chi connectivity index (χ4n) is 4.25. The standard InChI is InChI=1S/C28H23ClN2O4S/c1-17-12-14-20(15-13-17)25(32)30-22-26(33)31-23(21(29)16-36-27(22)31)28(34)35-24(18-8-4-2-5-9-18)19-10-6-3-7-11-19/h2-15,22,24,27H,16H2,1H3,(H,30,32)/t22-,27+/m1/s1. The molecular weight excluding hydrogens is 496 g/mol. The van der Waals surface area contributed by atoms with Crippen molar-refractivity contribution in [3.63, 3.8) is 0 Å². The zero-order valence-corrected chi connectivity index (χ0v) is 21.0. The third-order valence-corrected chi connectivity index (χ3v) is 7.90. The number of esters is 1. The van der Waals surface area contributed by atoms with Crippen molar-refractivity contribution in [3.05, 3.63) is 118 Å². The Balaban J connectivity index is 1.35. The van der Waals surface area contributed by atoms with Crippen LogP contribution in [0.4, 0.5) is 0 Å². The van der Waals surface area contributed by atoms with Gasteiger partial charge in [-0.15, -0.1) is 11.8 Å². The molecule has 1 fully saturated rings. The summed E-state index contributed by atoms with van der Waals surface area (Å²) in [5.41, 5.74) is 3.13. The number of benzene rings is 3. The fraction of sp³-hybridized carbons (Fsp3) is 0.179. The molecule has 0 saturated carbocycles. The molecule has 5 rings (SSSR count). The van der Waals surface area contributed by atoms with Crippen LogP contribution in [0.3, 0.4) is 0 Å². The second kappa shape index (κ2) is 10.2. The molecule has 2 aliphatic heterocycles. The molecule has 0 bridgehead atoms. The SMILES string of the molecule is Cc1ccc(C(=O)N[C@@H]2C(=O)N3C(C(=O)OC(c4ccccc4)c4ccccc4)=C(Cl)CS[C@@H]23)cc1. The highest BCUT2D eigenvalue weighted by molar-refractivity contribution is 8.00. The summed E-state index contributed by atoms with van der Waals surface area (Å²) in [6.07, 6.45) is -0.668. The number of nitrogens with one attached hydrogen (secondary N) is 1. The van der Waals surface area contributed by atoms with E-state index in [2.05, 4.69) is 5.32 Å². The second-order valence-corrected chi connectivity index (χ2v) is 10.1. The summed E-state index contributed by atoms with van der Waals surface area (Å²) in [7, 11) is 0. The van der Waals surface area contributed by atoms with Crippen LogP contribution in [0.25, 0.3) is 0 Å². The van der Waals surface area contributed by atoms with E-state index >= 15 is 0 Å². The van der Waals surface area contributed by atoms with Gasteiger partial charge in [-0.05, 0) is 30.2 Å². The lowest BCUT2D eigenvalue weighted by atomic mass is 10.0. The minimum absolute atomic E-state index is 0.0307. The number of carbonyl (C=O) groups excluding carboxylic acids is 3. The molecule has 0 radical (unpaired) electrons. The monoisotopic (exact) mass is 518 g/mol. The Morgan fingerprint density at radius 2 is 1.56 bits per heavy atom. The molecule has 2 aliphatic rings. The molecule has 1 N–H and O–H groups in total. The normalized spacial score (nSPS) is 19.0. The Labute approximate surface area is 218 Å². The van der Waals surface area contributed by atoms with E-state index in [0.29, 0.717) is 11.3 Å². The minimum atomic E-state index is -0.754. The van der Waals surface area contributed by atoms with E-state index in [4.69, 9.17) is 16.3 Å². The molecule has 6 nitrogen and oxygen atoms in total. The Kier molecular flexibility index (Phi) is 6.85. The molecular formula is C28H23ClN2O4S. The van der Waals surface area contributed by atoms with Crippen LogP contribution in [0.1, 0.15) is 33.2 Å². The molecule has 2 amide bonds. The molecule has 0 spiro atoms. The topological polar surface area (TPSA) is 75.7 Å². The summed E-state index contributed by atoms with van der Waals surface area (Å²) in [6, 6.07) is 25.1. The van der Waals surface area contributed by atoms with Gasteiger partial charge >= 0.3 is 5.97 Å². The first-order chi connectivity index (χ1) is 17.4. The van der Waals surface area contributed by atoms with E-state index < -0.39 is 29.4 Å². The number of carbonyl (C=O) groups is 3. The van der Waals surface area contributed by atoms with Gasteiger partial charge in [0.1, 0.15) is 17.1 Å². The van der Waals surface area contributed by atoms with Gasteiger partial charge in [-0.25, -0.2) is 4.79 Å². The number of hydrogen-bond donors (Lipinski definition) is 1. The number of halogens is 1. The van der Waals surface area contributed by atoms with E-state index in [0.717, 1.165) is 16.7 Å². The number of aryl methyl sites for hydroxylation is 1. The zero-order valence-electron chi connectivity index (χ0n) is 19.4. The molecule has 2 heterocycles. The smallest absolute Gasteiger partial charge is 0.357 e. The van der Waals surface area contributed by atoms with Gasteiger partial charge in [-0.1, -0.05) is 90.0 Å². The molecule has 0 unspecified atom stereocenters. The van der Waals surface area contributed by atoms with Gasteiger partial charge in [-0.3, -0.25) is 14.5 Å². The molecule has 8 heteroatoms. The molecule has 3 aromatic rings. The van der Waals surface area contributed by atoms with Crippen molar-refractivity contribution in [2.75, 3.05) is 5.75 Å². The van der Waals surface area contributed by atoms with Crippen LogP contribution in [-0.4, -0.2) is 39.9 Å². The lowest BCUT2D eigenvalue weighted by Crippen LogP contribution is -2.70. The van der Waals surface area contributed by atoms with Crippen LogP contribution >= 0.6 is 23.4 Å². The number of β-lactam (4-membered cyclic amide) rings is 1. The van der Waals surface area contributed by atoms with Crippen molar-refractivity contribution in [2.24, 2.45) is 0 Å². The van der Waals surface area contributed by atoms with Crippen LogP contribution in [0.5, 0.6) is 0 Å². The Morgan fingerprint density at radius 1 is 0.972 bits per heavy atom. The van der Waals surface area contributed by atoms with Crippen molar-refractivity contribution in [3.8, 4) is 0 Å². The molecule has 0 aliphatic carbocycles. The van der Waals surface area contributed by atoms with Crippen LogP contribution < -0.4 is 5.32 Å².